The van der Waals surface area contributed by atoms with Crippen molar-refractivity contribution in [3.63, 3.8) is 0 Å². The molecule has 0 spiro atoms. The standard InChI is InChI=1S/C16H30N4S/c1-6-20(9-7-8-19(4)5)15-18-13-11-16(2,3)10-12(17)14(13)21-15/h12H,6-11,17H2,1-5H3. The SMILES string of the molecule is CCN(CCCN(C)C)c1nc2c(s1)C(N)CC(C)(C)C2. The Morgan fingerprint density at radius 2 is 2.05 bits per heavy atom. The van der Waals surface area contributed by atoms with Crippen LogP contribution >= 0.6 is 11.3 Å². The molecule has 2 rings (SSSR count). The topological polar surface area (TPSA) is 45.4 Å². The van der Waals surface area contributed by atoms with Gasteiger partial charge in [0, 0.05) is 24.0 Å². The molecule has 120 valence electrons. The van der Waals surface area contributed by atoms with Crippen molar-refractivity contribution >= 4 is 16.5 Å². The summed E-state index contributed by atoms with van der Waals surface area (Å²) in [5.74, 6) is 0. The molecule has 0 saturated carbocycles. The van der Waals surface area contributed by atoms with Gasteiger partial charge in [0.2, 0.25) is 0 Å². The molecule has 0 saturated heterocycles. The zero-order chi connectivity index (χ0) is 15.6. The smallest absolute Gasteiger partial charge is 0.185 e. The summed E-state index contributed by atoms with van der Waals surface area (Å²) < 4.78 is 0. The lowest BCUT2D eigenvalue weighted by Crippen LogP contribution is -2.29. The maximum atomic E-state index is 6.36. The van der Waals surface area contributed by atoms with Gasteiger partial charge < -0.3 is 15.5 Å². The van der Waals surface area contributed by atoms with Gasteiger partial charge in [0.1, 0.15) is 0 Å². The average molecular weight is 311 g/mol. The number of anilines is 1. The van der Waals surface area contributed by atoms with Crippen molar-refractivity contribution in [3.05, 3.63) is 10.6 Å². The molecule has 5 heteroatoms. The lowest BCUT2D eigenvalue weighted by molar-refractivity contribution is 0.282. The highest BCUT2D eigenvalue weighted by molar-refractivity contribution is 7.15. The molecule has 2 N–H and O–H groups in total. The van der Waals surface area contributed by atoms with Crippen molar-refractivity contribution < 1.29 is 0 Å². The summed E-state index contributed by atoms with van der Waals surface area (Å²) in [6.45, 7) is 10.00. The van der Waals surface area contributed by atoms with E-state index in [1.807, 2.05) is 11.3 Å². The molecule has 1 atom stereocenters. The monoisotopic (exact) mass is 310 g/mol. The van der Waals surface area contributed by atoms with Crippen LogP contribution in [0.15, 0.2) is 0 Å². The van der Waals surface area contributed by atoms with Crippen molar-refractivity contribution in [3.8, 4) is 0 Å². The van der Waals surface area contributed by atoms with Gasteiger partial charge >= 0.3 is 0 Å². The number of hydrogen-bond acceptors (Lipinski definition) is 5. The van der Waals surface area contributed by atoms with Crippen LogP contribution in [0.5, 0.6) is 0 Å². The Morgan fingerprint density at radius 1 is 1.33 bits per heavy atom. The van der Waals surface area contributed by atoms with Crippen LogP contribution < -0.4 is 10.6 Å². The van der Waals surface area contributed by atoms with Gasteiger partial charge in [0.05, 0.1) is 5.69 Å². The molecule has 0 radical (unpaired) electrons. The van der Waals surface area contributed by atoms with E-state index in [2.05, 4.69) is 44.7 Å². The minimum absolute atomic E-state index is 0.162. The average Bonchev–Trinajstić information content (AvgIpc) is 2.76. The third kappa shape index (κ3) is 4.18. The molecule has 1 aromatic rings. The molecule has 4 nitrogen and oxygen atoms in total. The summed E-state index contributed by atoms with van der Waals surface area (Å²) in [6.07, 6.45) is 3.29. The second-order valence-corrected chi connectivity index (χ2v) is 8.20. The number of hydrogen-bond donors (Lipinski definition) is 1. The Morgan fingerprint density at radius 3 is 2.67 bits per heavy atom. The second kappa shape index (κ2) is 6.63. The van der Waals surface area contributed by atoms with Gasteiger partial charge in [-0.3, -0.25) is 0 Å². The number of nitrogens with zero attached hydrogens (tertiary/aromatic N) is 3. The Hall–Kier alpha value is -0.650. The Balaban J connectivity index is 2.10. The number of fused-ring (bicyclic) bond motifs is 1. The van der Waals surface area contributed by atoms with E-state index < -0.39 is 0 Å². The predicted molar refractivity (Wildman–Crippen MR) is 92.2 cm³/mol. The van der Waals surface area contributed by atoms with Crippen molar-refractivity contribution in [2.75, 3.05) is 38.6 Å². The summed E-state index contributed by atoms with van der Waals surface area (Å²) in [5.41, 5.74) is 7.88. The van der Waals surface area contributed by atoms with E-state index in [1.165, 1.54) is 17.0 Å². The van der Waals surface area contributed by atoms with Crippen LogP contribution in [-0.2, 0) is 6.42 Å². The van der Waals surface area contributed by atoms with Crippen molar-refractivity contribution in [1.29, 1.82) is 0 Å². The summed E-state index contributed by atoms with van der Waals surface area (Å²) in [7, 11) is 4.25. The second-order valence-electron chi connectivity index (χ2n) is 7.20. The van der Waals surface area contributed by atoms with Crippen molar-refractivity contribution in [1.82, 2.24) is 9.88 Å². The molecular formula is C16H30N4S. The lowest BCUT2D eigenvalue weighted by Gasteiger charge is -2.32. The number of thiazole rings is 1. The molecule has 0 aromatic carbocycles. The number of nitrogens with two attached hydrogens (primary N) is 1. The van der Waals surface area contributed by atoms with Crippen LogP contribution in [0.3, 0.4) is 0 Å². The van der Waals surface area contributed by atoms with E-state index in [9.17, 15) is 0 Å². The first-order chi connectivity index (χ1) is 9.82. The molecule has 0 fully saturated rings. The first-order valence-electron chi connectivity index (χ1n) is 7.97. The summed E-state index contributed by atoms with van der Waals surface area (Å²) in [4.78, 5) is 10.9. The van der Waals surface area contributed by atoms with Gasteiger partial charge in [-0.1, -0.05) is 25.2 Å². The summed E-state index contributed by atoms with van der Waals surface area (Å²) in [5, 5.41) is 1.16. The van der Waals surface area contributed by atoms with Crippen LogP contribution in [0.25, 0.3) is 0 Å². The van der Waals surface area contributed by atoms with E-state index in [1.54, 1.807) is 0 Å². The first-order valence-corrected chi connectivity index (χ1v) is 8.79. The quantitative estimate of drug-likeness (QED) is 0.877. The largest absolute Gasteiger partial charge is 0.348 e. The molecule has 1 aliphatic rings. The number of aromatic nitrogens is 1. The Kier molecular flexibility index (Phi) is 5.28. The third-order valence-electron chi connectivity index (χ3n) is 4.16. The first kappa shape index (κ1) is 16.7. The maximum absolute atomic E-state index is 6.36. The number of rotatable bonds is 6. The van der Waals surface area contributed by atoms with Gasteiger partial charge in [-0.2, -0.15) is 0 Å². The minimum atomic E-state index is 0.162. The molecule has 21 heavy (non-hydrogen) atoms. The van der Waals surface area contributed by atoms with Gasteiger partial charge in [0.25, 0.3) is 0 Å². The summed E-state index contributed by atoms with van der Waals surface area (Å²) in [6, 6.07) is 0.162. The maximum Gasteiger partial charge on any atom is 0.185 e. The van der Waals surface area contributed by atoms with E-state index in [0.29, 0.717) is 0 Å². The molecule has 0 bridgehead atoms. The van der Waals surface area contributed by atoms with Gasteiger partial charge in [0.15, 0.2) is 5.13 Å². The Bertz CT molecular complexity index is 467. The van der Waals surface area contributed by atoms with Crippen molar-refractivity contribution in [2.24, 2.45) is 11.1 Å². The highest BCUT2D eigenvalue weighted by atomic mass is 32.1. The van der Waals surface area contributed by atoms with Crippen LogP contribution in [0.4, 0.5) is 5.13 Å². The van der Waals surface area contributed by atoms with Crippen LogP contribution in [0.2, 0.25) is 0 Å². The molecule has 1 aromatic heterocycles. The van der Waals surface area contributed by atoms with Gasteiger partial charge in [-0.15, -0.1) is 0 Å². The molecule has 0 amide bonds. The fourth-order valence-electron chi connectivity index (χ4n) is 3.08. The Labute approximate surface area is 133 Å². The van der Waals surface area contributed by atoms with E-state index >= 15 is 0 Å². The molecule has 1 heterocycles. The summed E-state index contributed by atoms with van der Waals surface area (Å²) >= 11 is 1.81. The molecule has 1 aliphatic carbocycles. The molecule has 0 aliphatic heterocycles. The van der Waals surface area contributed by atoms with Crippen LogP contribution in [-0.4, -0.2) is 43.6 Å². The minimum Gasteiger partial charge on any atom is -0.348 e. The fourth-order valence-corrected chi connectivity index (χ4v) is 4.25. The normalized spacial score (nSPS) is 20.6. The lowest BCUT2D eigenvalue weighted by atomic mass is 9.77. The predicted octanol–water partition coefficient (Wildman–Crippen LogP) is 2.89. The van der Waals surface area contributed by atoms with E-state index in [4.69, 9.17) is 10.7 Å². The fraction of sp³-hybridized carbons (Fsp3) is 0.812. The van der Waals surface area contributed by atoms with E-state index in [0.717, 1.165) is 37.6 Å². The van der Waals surface area contributed by atoms with Gasteiger partial charge in [-0.05, 0) is 52.2 Å². The van der Waals surface area contributed by atoms with E-state index in [-0.39, 0.29) is 11.5 Å². The highest BCUT2D eigenvalue weighted by Gasteiger charge is 2.33. The zero-order valence-corrected chi connectivity index (χ0v) is 15.0. The van der Waals surface area contributed by atoms with Crippen LogP contribution in [0.1, 0.15) is 50.2 Å². The van der Waals surface area contributed by atoms with Crippen LogP contribution in [0, 0.1) is 5.41 Å². The molecular weight excluding hydrogens is 280 g/mol. The van der Waals surface area contributed by atoms with Gasteiger partial charge in [-0.25, -0.2) is 4.98 Å². The molecule has 1 unspecified atom stereocenters. The van der Waals surface area contributed by atoms with Crippen molar-refractivity contribution in [2.45, 2.75) is 46.1 Å². The third-order valence-corrected chi connectivity index (χ3v) is 5.45. The highest BCUT2D eigenvalue weighted by Crippen LogP contribution is 2.43. The zero-order valence-electron chi connectivity index (χ0n) is 14.1.